The van der Waals surface area contributed by atoms with Gasteiger partial charge in [0.2, 0.25) is 0 Å². The van der Waals surface area contributed by atoms with Gasteiger partial charge >= 0.3 is 0 Å². The predicted molar refractivity (Wildman–Crippen MR) is 102 cm³/mol. The lowest BCUT2D eigenvalue weighted by molar-refractivity contribution is 0.0688. The third-order valence-corrected chi connectivity index (χ3v) is 8.86. The summed E-state index contributed by atoms with van der Waals surface area (Å²) in [5, 5.41) is 1.99. The van der Waals surface area contributed by atoms with Gasteiger partial charge in [0.1, 0.15) is 0 Å². The molecule has 4 nitrogen and oxygen atoms in total. The van der Waals surface area contributed by atoms with E-state index in [1.54, 1.807) is 27.6 Å². The Morgan fingerprint density at radius 2 is 2.12 bits per heavy atom. The molecule has 2 aliphatic rings. The van der Waals surface area contributed by atoms with E-state index in [-0.39, 0.29) is 23.5 Å². The highest BCUT2D eigenvalue weighted by Crippen LogP contribution is 2.32. The van der Waals surface area contributed by atoms with Crippen LogP contribution >= 0.6 is 22.7 Å². The van der Waals surface area contributed by atoms with Crippen molar-refractivity contribution in [2.24, 2.45) is 0 Å². The first-order valence-electron chi connectivity index (χ1n) is 8.67. The molecule has 1 amide bonds. The van der Waals surface area contributed by atoms with Gasteiger partial charge in [0.25, 0.3) is 5.91 Å². The Hall–Kier alpha value is -1.18. The third-order valence-electron chi connectivity index (χ3n) is 5.02. The van der Waals surface area contributed by atoms with Crippen molar-refractivity contribution in [1.29, 1.82) is 0 Å². The number of carbonyl (C=O) groups is 1. The average Bonchev–Trinajstić information content (AvgIpc) is 3.30. The summed E-state index contributed by atoms with van der Waals surface area (Å²) in [5.41, 5.74) is 1.31. The van der Waals surface area contributed by atoms with E-state index in [0.717, 1.165) is 22.6 Å². The number of hydrogen-bond donors (Lipinski definition) is 0. The number of carbonyl (C=O) groups excluding carboxylic acids is 1. The van der Waals surface area contributed by atoms with Crippen molar-refractivity contribution in [2.45, 2.75) is 44.7 Å². The van der Waals surface area contributed by atoms with E-state index >= 15 is 0 Å². The minimum absolute atomic E-state index is 0.00472. The van der Waals surface area contributed by atoms with Crippen LogP contribution in [0.2, 0.25) is 0 Å². The first-order chi connectivity index (χ1) is 12.0. The number of sulfone groups is 1. The smallest absolute Gasteiger partial charge is 0.264 e. The molecule has 0 spiro atoms. The van der Waals surface area contributed by atoms with Crippen molar-refractivity contribution in [1.82, 2.24) is 4.90 Å². The van der Waals surface area contributed by atoms with Crippen LogP contribution in [-0.4, -0.2) is 36.8 Å². The van der Waals surface area contributed by atoms with Crippen LogP contribution in [0.3, 0.4) is 0 Å². The van der Waals surface area contributed by atoms with Gasteiger partial charge in [-0.25, -0.2) is 8.42 Å². The zero-order valence-electron chi connectivity index (χ0n) is 13.9. The fourth-order valence-electron chi connectivity index (χ4n) is 3.70. The molecular formula is C18H21NO3S3. The number of thiophene rings is 2. The van der Waals surface area contributed by atoms with Crippen LogP contribution < -0.4 is 0 Å². The lowest BCUT2D eigenvalue weighted by atomic mass is 9.99. The molecule has 7 heteroatoms. The second kappa shape index (κ2) is 6.85. The Labute approximate surface area is 156 Å². The summed E-state index contributed by atoms with van der Waals surface area (Å²) in [6.45, 7) is 0.499. The number of amides is 1. The third kappa shape index (κ3) is 3.68. The molecule has 0 saturated carbocycles. The van der Waals surface area contributed by atoms with Crippen LogP contribution in [0.4, 0.5) is 0 Å². The Balaban J connectivity index is 1.62. The van der Waals surface area contributed by atoms with Crippen LogP contribution in [0.25, 0.3) is 0 Å². The molecule has 3 heterocycles. The molecule has 1 aliphatic carbocycles. The molecule has 4 rings (SSSR count). The first kappa shape index (κ1) is 17.2. The van der Waals surface area contributed by atoms with Crippen LogP contribution in [0.5, 0.6) is 0 Å². The van der Waals surface area contributed by atoms with Crippen LogP contribution in [0.1, 0.15) is 44.3 Å². The Bertz CT molecular complexity index is 844. The van der Waals surface area contributed by atoms with E-state index in [1.165, 1.54) is 23.3 Å². The van der Waals surface area contributed by atoms with Crippen molar-refractivity contribution in [3.05, 3.63) is 43.8 Å². The van der Waals surface area contributed by atoms with Crippen LogP contribution in [-0.2, 0) is 29.2 Å². The SMILES string of the molecule is O=C(c1cc2c(s1)CCCC2)N(Cc1cccs1)[C@H]1CCS(=O)(=O)C1. The molecule has 134 valence electrons. The van der Waals surface area contributed by atoms with E-state index in [1.807, 2.05) is 23.6 Å². The highest BCUT2D eigenvalue weighted by molar-refractivity contribution is 7.91. The van der Waals surface area contributed by atoms with Crippen molar-refractivity contribution in [3.8, 4) is 0 Å². The van der Waals surface area contributed by atoms with Gasteiger partial charge < -0.3 is 4.90 Å². The zero-order valence-corrected chi connectivity index (χ0v) is 16.4. The highest BCUT2D eigenvalue weighted by Gasteiger charge is 2.36. The first-order valence-corrected chi connectivity index (χ1v) is 12.2. The summed E-state index contributed by atoms with van der Waals surface area (Å²) in [7, 11) is -3.02. The number of fused-ring (bicyclic) bond motifs is 1. The van der Waals surface area contributed by atoms with Gasteiger partial charge in [0.05, 0.1) is 22.9 Å². The lowest BCUT2D eigenvalue weighted by Gasteiger charge is -2.27. The monoisotopic (exact) mass is 395 g/mol. The Morgan fingerprint density at radius 3 is 2.80 bits per heavy atom. The minimum atomic E-state index is -3.02. The van der Waals surface area contributed by atoms with Crippen molar-refractivity contribution >= 4 is 38.4 Å². The van der Waals surface area contributed by atoms with E-state index in [0.29, 0.717) is 13.0 Å². The van der Waals surface area contributed by atoms with Gasteiger partial charge in [-0.15, -0.1) is 22.7 Å². The molecule has 2 aromatic heterocycles. The summed E-state index contributed by atoms with van der Waals surface area (Å²) in [6.07, 6.45) is 5.06. The normalized spacial score (nSPS) is 21.8. The summed E-state index contributed by atoms with van der Waals surface area (Å²) in [4.78, 5) is 18.2. The number of nitrogens with zero attached hydrogens (tertiary/aromatic N) is 1. The summed E-state index contributed by atoms with van der Waals surface area (Å²) in [5.74, 6) is 0.275. The number of hydrogen-bond acceptors (Lipinski definition) is 5. The van der Waals surface area contributed by atoms with Gasteiger partial charge in [0.15, 0.2) is 9.84 Å². The number of aryl methyl sites for hydroxylation is 2. The molecule has 1 saturated heterocycles. The van der Waals surface area contributed by atoms with E-state index in [4.69, 9.17) is 0 Å². The molecule has 1 atom stereocenters. The highest BCUT2D eigenvalue weighted by atomic mass is 32.2. The fraction of sp³-hybridized carbons (Fsp3) is 0.500. The standard InChI is InChI=1S/C18H21NO3S3/c20-18(17-10-13-4-1-2-6-16(13)24-17)19(11-15-5-3-8-23-15)14-7-9-25(21,22)12-14/h3,5,8,10,14H,1-2,4,6-7,9,11-12H2/t14-/m0/s1. The summed E-state index contributed by atoms with van der Waals surface area (Å²) in [6, 6.07) is 5.82. The fourth-order valence-corrected chi connectivity index (χ4v) is 7.34. The molecule has 0 bridgehead atoms. The maximum atomic E-state index is 13.2. The van der Waals surface area contributed by atoms with Crippen molar-refractivity contribution in [3.63, 3.8) is 0 Å². The molecule has 0 aromatic carbocycles. The predicted octanol–water partition coefficient (Wildman–Crippen LogP) is 3.52. The summed E-state index contributed by atoms with van der Waals surface area (Å²) < 4.78 is 23.9. The molecule has 1 aliphatic heterocycles. The van der Waals surface area contributed by atoms with Gasteiger partial charge in [-0.1, -0.05) is 6.07 Å². The maximum Gasteiger partial charge on any atom is 0.264 e. The Kier molecular flexibility index (Phi) is 4.73. The molecule has 0 radical (unpaired) electrons. The van der Waals surface area contributed by atoms with Gasteiger partial charge in [-0.3, -0.25) is 4.79 Å². The van der Waals surface area contributed by atoms with E-state index in [2.05, 4.69) is 0 Å². The zero-order chi connectivity index (χ0) is 17.4. The molecular weight excluding hydrogens is 374 g/mol. The second-order valence-electron chi connectivity index (χ2n) is 6.84. The van der Waals surface area contributed by atoms with Gasteiger partial charge in [-0.05, 0) is 55.2 Å². The second-order valence-corrected chi connectivity index (χ2v) is 11.2. The molecule has 2 aromatic rings. The van der Waals surface area contributed by atoms with Crippen LogP contribution in [0, 0.1) is 0 Å². The molecule has 25 heavy (non-hydrogen) atoms. The largest absolute Gasteiger partial charge is 0.329 e. The van der Waals surface area contributed by atoms with E-state index < -0.39 is 9.84 Å². The van der Waals surface area contributed by atoms with E-state index in [9.17, 15) is 13.2 Å². The molecule has 1 fully saturated rings. The minimum Gasteiger partial charge on any atom is -0.329 e. The molecule has 0 unspecified atom stereocenters. The number of rotatable bonds is 4. The maximum absolute atomic E-state index is 13.2. The van der Waals surface area contributed by atoms with Crippen molar-refractivity contribution in [2.75, 3.05) is 11.5 Å². The Morgan fingerprint density at radius 1 is 1.28 bits per heavy atom. The quantitative estimate of drug-likeness (QED) is 0.796. The topological polar surface area (TPSA) is 54.5 Å². The lowest BCUT2D eigenvalue weighted by Crippen LogP contribution is -2.40. The van der Waals surface area contributed by atoms with Crippen LogP contribution in [0.15, 0.2) is 23.6 Å². The van der Waals surface area contributed by atoms with Crippen molar-refractivity contribution < 1.29 is 13.2 Å². The van der Waals surface area contributed by atoms with Gasteiger partial charge in [-0.2, -0.15) is 0 Å². The summed E-state index contributed by atoms with van der Waals surface area (Å²) >= 11 is 3.22. The molecule has 0 N–H and O–H groups in total. The van der Waals surface area contributed by atoms with Gasteiger partial charge in [0, 0.05) is 15.8 Å². The average molecular weight is 396 g/mol.